The average Bonchev–Trinajstić information content (AvgIpc) is 2.52. The molecule has 1 heterocycles. The molecular formula is C16H25N3O2. The van der Waals surface area contributed by atoms with Gasteiger partial charge in [0, 0.05) is 31.9 Å². The van der Waals surface area contributed by atoms with Crippen LogP contribution in [0.5, 0.6) is 0 Å². The average molecular weight is 291 g/mol. The molecule has 1 unspecified atom stereocenters. The van der Waals surface area contributed by atoms with Gasteiger partial charge in [-0.2, -0.15) is 0 Å². The first kappa shape index (κ1) is 15.8. The summed E-state index contributed by atoms with van der Waals surface area (Å²) in [6.07, 6.45) is 0. The third-order valence-electron chi connectivity index (χ3n) is 3.67. The van der Waals surface area contributed by atoms with Gasteiger partial charge in [0.25, 0.3) is 0 Å². The summed E-state index contributed by atoms with van der Waals surface area (Å²) in [4.78, 5) is 14.2. The van der Waals surface area contributed by atoms with E-state index in [1.165, 1.54) is 11.3 Å². The van der Waals surface area contributed by atoms with Gasteiger partial charge in [-0.3, -0.25) is 4.79 Å². The van der Waals surface area contributed by atoms with Gasteiger partial charge in [-0.05, 0) is 31.5 Å². The van der Waals surface area contributed by atoms with Crippen LogP contribution >= 0.6 is 0 Å². The van der Waals surface area contributed by atoms with E-state index in [4.69, 9.17) is 4.74 Å². The fraction of sp³-hybridized carbons (Fsp3) is 0.562. The summed E-state index contributed by atoms with van der Waals surface area (Å²) in [5.41, 5.74) is 2.45. The van der Waals surface area contributed by atoms with E-state index in [0.29, 0.717) is 19.8 Å². The Bertz CT molecular complexity index is 459. The van der Waals surface area contributed by atoms with Crippen LogP contribution in [0.3, 0.4) is 0 Å². The molecule has 5 heteroatoms. The van der Waals surface area contributed by atoms with Crippen molar-refractivity contribution in [1.82, 2.24) is 10.6 Å². The number of nitrogens with one attached hydrogen (secondary N) is 2. The second kappa shape index (κ2) is 8.00. The lowest BCUT2D eigenvalue weighted by molar-refractivity contribution is -0.125. The standard InChI is InChI=1S/C16H25N3O2/c1-3-19(14-6-4-5-13(2)11-14)9-7-18-16(20)15-12-21-10-8-17-15/h4-6,11,15,17H,3,7-10,12H2,1-2H3,(H,18,20). The molecule has 0 aliphatic carbocycles. The summed E-state index contributed by atoms with van der Waals surface area (Å²) in [5.74, 6) is 0.0231. The first-order valence-corrected chi connectivity index (χ1v) is 7.61. The third-order valence-corrected chi connectivity index (χ3v) is 3.67. The Morgan fingerprint density at radius 1 is 1.52 bits per heavy atom. The molecule has 2 N–H and O–H groups in total. The molecule has 1 fully saturated rings. The molecule has 5 nitrogen and oxygen atoms in total. The number of carbonyl (C=O) groups is 1. The Morgan fingerprint density at radius 3 is 3.05 bits per heavy atom. The first-order chi connectivity index (χ1) is 10.2. The van der Waals surface area contributed by atoms with Crippen LogP contribution in [0.1, 0.15) is 12.5 Å². The molecule has 1 aliphatic heterocycles. The number of carbonyl (C=O) groups excluding carboxylic acids is 1. The quantitative estimate of drug-likeness (QED) is 0.818. The molecule has 1 aromatic rings. The summed E-state index contributed by atoms with van der Waals surface area (Å²) < 4.78 is 5.30. The van der Waals surface area contributed by atoms with Gasteiger partial charge in [-0.1, -0.05) is 12.1 Å². The molecule has 1 saturated heterocycles. The van der Waals surface area contributed by atoms with Crippen LogP contribution in [-0.2, 0) is 9.53 Å². The van der Waals surface area contributed by atoms with Crippen LogP contribution in [0, 0.1) is 6.92 Å². The highest BCUT2D eigenvalue weighted by molar-refractivity contribution is 5.82. The SMILES string of the molecule is CCN(CCNC(=O)C1COCCN1)c1cccc(C)c1. The highest BCUT2D eigenvalue weighted by Crippen LogP contribution is 2.14. The molecule has 116 valence electrons. The van der Waals surface area contributed by atoms with E-state index >= 15 is 0 Å². The number of likely N-dealkylation sites (N-methyl/N-ethyl adjacent to an activating group) is 1. The van der Waals surface area contributed by atoms with Gasteiger partial charge in [-0.15, -0.1) is 0 Å². The molecule has 0 saturated carbocycles. The maximum Gasteiger partial charge on any atom is 0.239 e. The number of ether oxygens (including phenoxy) is 1. The van der Waals surface area contributed by atoms with Crippen molar-refractivity contribution in [1.29, 1.82) is 0 Å². The molecule has 1 atom stereocenters. The first-order valence-electron chi connectivity index (χ1n) is 7.61. The zero-order valence-electron chi connectivity index (χ0n) is 12.9. The molecule has 1 aliphatic rings. The summed E-state index contributed by atoms with van der Waals surface area (Å²) in [7, 11) is 0. The fourth-order valence-electron chi connectivity index (χ4n) is 2.47. The van der Waals surface area contributed by atoms with E-state index in [9.17, 15) is 4.79 Å². The highest BCUT2D eigenvalue weighted by Gasteiger charge is 2.20. The number of hydrogen-bond donors (Lipinski definition) is 2. The summed E-state index contributed by atoms with van der Waals surface area (Å²) in [6, 6.07) is 8.22. The van der Waals surface area contributed by atoms with Gasteiger partial charge >= 0.3 is 0 Å². The van der Waals surface area contributed by atoms with Gasteiger partial charge in [0.2, 0.25) is 5.91 Å². The molecule has 0 radical (unpaired) electrons. The van der Waals surface area contributed by atoms with Crippen LogP contribution in [0.25, 0.3) is 0 Å². The molecule has 0 bridgehead atoms. The number of morpholine rings is 1. The van der Waals surface area contributed by atoms with Gasteiger partial charge in [-0.25, -0.2) is 0 Å². The van der Waals surface area contributed by atoms with Crippen LogP contribution in [-0.4, -0.2) is 51.3 Å². The minimum atomic E-state index is -0.215. The minimum absolute atomic E-state index is 0.0231. The maximum absolute atomic E-state index is 12.0. The lowest BCUT2D eigenvalue weighted by Crippen LogP contribution is -2.52. The normalized spacial score (nSPS) is 18.3. The van der Waals surface area contributed by atoms with Gasteiger partial charge in [0.15, 0.2) is 0 Å². The van der Waals surface area contributed by atoms with Crippen molar-refractivity contribution in [3.05, 3.63) is 29.8 Å². The molecule has 1 amide bonds. The van der Waals surface area contributed by atoms with Crippen molar-refractivity contribution in [3.63, 3.8) is 0 Å². The fourth-order valence-corrected chi connectivity index (χ4v) is 2.47. The number of hydrogen-bond acceptors (Lipinski definition) is 4. The van der Waals surface area contributed by atoms with Gasteiger partial charge < -0.3 is 20.3 Å². The lowest BCUT2D eigenvalue weighted by Gasteiger charge is -2.26. The van der Waals surface area contributed by atoms with E-state index in [-0.39, 0.29) is 11.9 Å². The van der Waals surface area contributed by atoms with E-state index in [0.717, 1.165) is 19.6 Å². The summed E-state index contributed by atoms with van der Waals surface area (Å²) in [6.45, 7) is 8.46. The van der Waals surface area contributed by atoms with Crippen LogP contribution in [0.4, 0.5) is 5.69 Å². The van der Waals surface area contributed by atoms with Crippen LogP contribution < -0.4 is 15.5 Å². The van der Waals surface area contributed by atoms with Crippen LogP contribution in [0.2, 0.25) is 0 Å². The van der Waals surface area contributed by atoms with Gasteiger partial charge in [0.1, 0.15) is 6.04 Å². The second-order valence-corrected chi connectivity index (χ2v) is 5.29. The Balaban J connectivity index is 1.79. The Labute approximate surface area is 126 Å². The Morgan fingerprint density at radius 2 is 2.38 bits per heavy atom. The topological polar surface area (TPSA) is 53.6 Å². The predicted molar refractivity (Wildman–Crippen MR) is 84.7 cm³/mol. The number of benzene rings is 1. The van der Waals surface area contributed by atoms with Crippen molar-refractivity contribution < 1.29 is 9.53 Å². The number of rotatable bonds is 6. The largest absolute Gasteiger partial charge is 0.378 e. The maximum atomic E-state index is 12.0. The molecular weight excluding hydrogens is 266 g/mol. The molecule has 0 spiro atoms. The molecule has 0 aromatic heterocycles. The molecule has 21 heavy (non-hydrogen) atoms. The zero-order chi connectivity index (χ0) is 15.1. The van der Waals surface area contributed by atoms with E-state index in [2.05, 4.69) is 53.6 Å². The van der Waals surface area contributed by atoms with Crippen molar-refractivity contribution in [2.75, 3.05) is 44.3 Å². The summed E-state index contributed by atoms with van der Waals surface area (Å²) in [5, 5.41) is 6.14. The van der Waals surface area contributed by atoms with Crippen LogP contribution in [0.15, 0.2) is 24.3 Å². The van der Waals surface area contributed by atoms with Crippen molar-refractivity contribution >= 4 is 11.6 Å². The number of nitrogens with zero attached hydrogens (tertiary/aromatic N) is 1. The predicted octanol–water partition coefficient (Wildman–Crippen LogP) is 0.926. The number of amides is 1. The minimum Gasteiger partial charge on any atom is -0.378 e. The van der Waals surface area contributed by atoms with Crippen molar-refractivity contribution in [3.8, 4) is 0 Å². The monoisotopic (exact) mass is 291 g/mol. The van der Waals surface area contributed by atoms with Crippen molar-refractivity contribution in [2.45, 2.75) is 19.9 Å². The Hall–Kier alpha value is -1.59. The zero-order valence-corrected chi connectivity index (χ0v) is 12.9. The second-order valence-electron chi connectivity index (χ2n) is 5.29. The van der Waals surface area contributed by atoms with E-state index in [1.54, 1.807) is 0 Å². The lowest BCUT2D eigenvalue weighted by atomic mass is 10.2. The summed E-state index contributed by atoms with van der Waals surface area (Å²) >= 11 is 0. The Kier molecular flexibility index (Phi) is 6.02. The van der Waals surface area contributed by atoms with E-state index < -0.39 is 0 Å². The molecule has 2 rings (SSSR count). The third kappa shape index (κ3) is 4.72. The number of anilines is 1. The van der Waals surface area contributed by atoms with Gasteiger partial charge in [0.05, 0.1) is 13.2 Å². The smallest absolute Gasteiger partial charge is 0.239 e. The van der Waals surface area contributed by atoms with Crippen molar-refractivity contribution in [2.24, 2.45) is 0 Å². The molecule has 1 aromatic carbocycles. The van der Waals surface area contributed by atoms with E-state index in [1.807, 2.05) is 0 Å². The highest BCUT2D eigenvalue weighted by atomic mass is 16.5. The number of aryl methyl sites for hydroxylation is 1.